The molecule has 0 saturated carbocycles. The Morgan fingerprint density at radius 2 is 1.43 bits per heavy atom. The van der Waals surface area contributed by atoms with E-state index in [1.807, 2.05) is 0 Å². The number of hydrogen-bond acceptors (Lipinski definition) is 3. The van der Waals surface area contributed by atoms with Crippen molar-refractivity contribution in [1.82, 2.24) is 0 Å². The molecule has 0 aromatic rings. The van der Waals surface area contributed by atoms with Crippen molar-refractivity contribution in [2.24, 2.45) is 0 Å². The van der Waals surface area contributed by atoms with Crippen LogP contribution >= 0.6 is 0 Å². The molecule has 0 unspecified atom stereocenters. The maximum atomic E-state index is 8.52. The quantitative estimate of drug-likeness (QED) is 0.350. The molecule has 31 valence electrons. The van der Waals surface area contributed by atoms with Gasteiger partial charge in [-0.05, 0) is 0 Å². The maximum Gasteiger partial charge on any atom is 2.00 e. The molecule has 7 heavy (non-hydrogen) atoms. The van der Waals surface area contributed by atoms with Crippen molar-refractivity contribution in [1.29, 1.82) is 0 Å². The third-order valence-electron chi connectivity index (χ3n) is 0. The van der Waals surface area contributed by atoms with Gasteiger partial charge in [-0.3, -0.25) is 0 Å². The first-order valence-corrected chi connectivity index (χ1v) is 1.84. The summed E-state index contributed by atoms with van der Waals surface area (Å²) in [7, 11) is -3.63. The van der Waals surface area contributed by atoms with E-state index >= 15 is 0 Å². The number of rotatable bonds is 0. The van der Waals surface area contributed by atoms with Crippen molar-refractivity contribution in [3.05, 3.63) is 0 Å². The van der Waals surface area contributed by atoms with Crippen molar-refractivity contribution >= 4 is 87.3 Å². The Morgan fingerprint density at radius 1 is 1.43 bits per heavy atom. The molecule has 3 radical (unpaired) electrons. The van der Waals surface area contributed by atoms with Gasteiger partial charge in [0.15, 0.2) is 0 Å². The summed E-state index contributed by atoms with van der Waals surface area (Å²) in [5.41, 5.74) is 0. The van der Waals surface area contributed by atoms with Gasteiger partial charge in [-0.2, -0.15) is 0 Å². The van der Waals surface area contributed by atoms with Crippen LogP contribution in [-0.4, -0.2) is 87.3 Å². The van der Waals surface area contributed by atoms with Gasteiger partial charge in [-0.1, -0.05) is 0 Å². The Morgan fingerprint density at radius 3 is 1.43 bits per heavy atom. The second-order valence-electron chi connectivity index (χ2n) is 0.250. The largest absolute Gasteiger partial charge is 2.00 e. The minimum atomic E-state index is -3.63. The Labute approximate surface area is 103 Å². The summed E-state index contributed by atoms with van der Waals surface area (Å²) < 4.78 is 8.52. The SMILES string of the molecule is O=[Si]([O-])[O-].[Al].[Ca+2].[H-].[H-].[Mg+2]. The maximum absolute atomic E-state index is 8.52. The monoisotopic (exact) mass is 169 g/mol. The van der Waals surface area contributed by atoms with Gasteiger partial charge >= 0.3 is 60.8 Å². The van der Waals surface area contributed by atoms with Crippen molar-refractivity contribution in [2.75, 3.05) is 0 Å². The van der Waals surface area contributed by atoms with E-state index in [0.29, 0.717) is 0 Å². The normalized spacial score (nSPS) is 3.43. The Balaban J connectivity index is -0.00000000450. The second-order valence-corrected chi connectivity index (χ2v) is 0.750. The predicted octanol–water partition coefficient (Wildman–Crippen LogP) is -3.79. The molecular formula is H2AlCaMgO3Si. The van der Waals surface area contributed by atoms with Crippen molar-refractivity contribution in [3.63, 3.8) is 0 Å². The zero-order valence-corrected chi connectivity index (χ0v) is 9.49. The molecule has 0 fully saturated rings. The van der Waals surface area contributed by atoms with Gasteiger partial charge in [0.25, 0.3) is 0 Å². The van der Waals surface area contributed by atoms with E-state index in [1.165, 1.54) is 0 Å². The van der Waals surface area contributed by atoms with Gasteiger partial charge in [0.1, 0.15) is 0 Å². The van der Waals surface area contributed by atoms with E-state index in [-0.39, 0.29) is 81.0 Å². The summed E-state index contributed by atoms with van der Waals surface area (Å²) >= 11 is 0. The fourth-order valence-corrected chi connectivity index (χ4v) is 0. The smallest absolute Gasteiger partial charge is 1.00 e. The molecule has 7 heteroatoms. The standard InChI is InChI=1S/Al.Ca.Mg.O3Si.2H/c;;;1-4(2)3;;/q;2*+2;-2;2*-1. The van der Waals surface area contributed by atoms with Crippen LogP contribution in [0.1, 0.15) is 2.85 Å². The summed E-state index contributed by atoms with van der Waals surface area (Å²) in [6.45, 7) is 0. The van der Waals surface area contributed by atoms with E-state index in [4.69, 9.17) is 14.1 Å². The minimum Gasteiger partial charge on any atom is -1.00 e. The van der Waals surface area contributed by atoms with Gasteiger partial charge in [0, 0.05) is 26.5 Å². The third kappa shape index (κ3) is 65.9. The van der Waals surface area contributed by atoms with Crippen molar-refractivity contribution in [3.8, 4) is 0 Å². The minimum absolute atomic E-state index is 0. The summed E-state index contributed by atoms with van der Waals surface area (Å²) in [5.74, 6) is 0. The summed E-state index contributed by atoms with van der Waals surface area (Å²) in [6.07, 6.45) is 0. The van der Waals surface area contributed by atoms with Crippen LogP contribution in [0.4, 0.5) is 0 Å². The molecule has 0 aliphatic heterocycles. The summed E-state index contributed by atoms with van der Waals surface area (Å²) in [4.78, 5) is 17.0. The molecule has 3 nitrogen and oxygen atoms in total. The zero-order valence-electron chi connectivity index (χ0n) is 5.72. The molecule has 0 aromatic carbocycles. The first kappa shape index (κ1) is 22.9. The molecular weight excluding hydrogens is 167 g/mol. The molecule has 0 rings (SSSR count). The Bertz CT molecular complexity index is 44.8. The molecule has 0 aliphatic rings. The van der Waals surface area contributed by atoms with Crippen LogP contribution in [0.5, 0.6) is 0 Å². The average Bonchev–Trinajstić information content (AvgIpc) is 0.811. The third-order valence-corrected chi connectivity index (χ3v) is 0. The topological polar surface area (TPSA) is 63.2 Å². The van der Waals surface area contributed by atoms with Gasteiger partial charge in [0.2, 0.25) is 0 Å². The fraction of sp³-hybridized carbons (Fsp3) is 0. The van der Waals surface area contributed by atoms with E-state index in [0.717, 1.165) is 0 Å². The van der Waals surface area contributed by atoms with Gasteiger partial charge in [0.05, 0.1) is 0 Å². The van der Waals surface area contributed by atoms with Crippen LogP contribution in [0.15, 0.2) is 0 Å². The van der Waals surface area contributed by atoms with Gasteiger partial charge < -0.3 is 16.9 Å². The van der Waals surface area contributed by atoms with Crippen LogP contribution in [0, 0.1) is 0 Å². The van der Waals surface area contributed by atoms with Gasteiger partial charge in [-0.15, -0.1) is 0 Å². The summed E-state index contributed by atoms with van der Waals surface area (Å²) in [5, 5.41) is 0. The molecule has 0 amide bonds. The molecule has 0 spiro atoms. The molecule has 0 N–H and O–H groups in total. The zero-order chi connectivity index (χ0) is 3.58. The van der Waals surface area contributed by atoms with E-state index in [2.05, 4.69) is 0 Å². The Hall–Kier alpha value is 2.18. The van der Waals surface area contributed by atoms with Crippen molar-refractivity contribution < 1.29 is 16.9 Å². The molecule has 0 aliphatic carbocycles. The number of hydrogen-bond donors (Lipinski definition) is 0. The summed E-state index contributed by atoms with van der Waals surface area (Å²) in [6, 6.07) is 0. The molecule has 0 aromatic heterocycles. The van der Waals surface area contributed by atoms with E-state index in [1.54, 1.807) is 0 Å². The first-order valence-electron chi connectivity index (χ1n) is 0.612. The molecule has 0 heterocycles. The first-order chi connectivity index (χ1) is 1.73. The van der Waals surface area contributed by atoms with Crippen molar-refractivity contribution in [2.45, 2.75) is 0 Å². The van der Waals surface area contributed by atoms with Gasteiger partial charge in [-0.25, -0.2) is 0 Å². The van der Waals surface area contributed by atoms with Crippen LogP contribution in [-0.2, 0) is 4.46 Å². The van der Waals surface area contributed by atoms with Crippen LogP contribution in [0.25, 0.3) is 0 Å². The fourth-order valence-electron chi connectivity index (χ4n) is 0. The Kier molecular flexibility index (Phi) is 51.4. The predicted molar refractivity (Wildman–Crippen MR) is 25.9 cm³/mol. The van der Waals surface area contributed by atoms with E-state index in [9.17, 15) is 0 Å². The molecule has 0 saturated heterocycles. The average molecular weight is 169 g/mol. The second kappa shape index (κ2) is 15.7. The van der Waals surface area contributed by atoms with Crippen LogP contribution < -0.4 is 9.59 Å². The van der Waals surface area contributed by atoms with E-state index < -0.39 is 9.17 Å². The van der Waals surface area contributed by atoms with Crippen LogP contribution in [0.3, 0.4) is 0 Å². The van der Waals surface area contributed by atoms with Crippen LogP contribution in [0.2, 0.25) is 0 Å². The molecule has 0 atom stereocenters. The molecule has 0 bridgehead atoms.